The van der Waals surface area contributed by atoms with Crippen LogP contribution in [0.1, 0.15) is 32.1 Å². The van der Waals surface area contributed by atoms with Gasteiger partial charge in [-0.3, -0.25) is 0 Å². The van der Waals surface area contributed by atoms with Crippen molar-refractivity contribution in [1.29, 1.82) is 0 Å². The minimum Gasteiger partial charge on any atom is -0.353 e. The average molecular weight is 294 g/mol. The van der Waals surface area contributed by atoms with Crippen LogP contribution >= 0.6 is 0 Å². The zero-order chi connectivity index (χ0) is 14.1. The summed E-state index contributed by atoms with van der Waals surface area (Å²) >= 11 is 0. The number of rotatable bonds is 6. The van der Waals surface area contributed by atoms with E-state index in [0.29, 0.717) is 23.7 Å². The van der Waals surface area contributed by atoms with Crippen molar-refractivity contribution < 1.29 is 18.9 Å². The van der Waals surface area contributed by atoms with E-state index in [0.717, 1.165) is 52.1 Å². The average Bonchev–Trinajstić information content (AvgIpc) is 3.27. The lowest BCUT2D eigenvalue weighted by Crippen LogP contribution is -2.31. The van der Waals surface area contributed by atoms with Crippen LogP contribution in [0.2, 0.25) is 0 Å². The van der Waals surface area contributed by atoms with Gasteiger partial charge < -0.3 is 18.9 Å². The van der Waals surface area contributed by atoms with Crippen molar-refractivity contribution in [3.05, 3.63) is 12.2 Å². The molecule has 4 nitrogen and oxygen atoms in total. The van der Waals surface area contributed by atoms with Gasteiger partial charge in [0.1, 0.15) is 0 Å². The van der Waals surface area contributed by atoms with E-state index >= 15 is 0 Å². The van der Waals surface area contributed by atoms with Crippen molar-refractivity contribution in [2.24, 2.45) is 23.7 Å². The van der Waals surface area contributed by atoms with Gasteiger partial charge in [0, 0.05) is 26.1 Å². The number of hydrogen-bond acceptors (Lipinski definition) is 4. The Hall–Kier alpha value is -0.420. The minimum atomic E-state index is 0.0350. The van der Waals surface area contributed by atoms with E-state index in [1.165, 1.54) is 6.42 Å². The predicted octanol–water partition coefficient (Wildman–Crippen LogP) is 2.73. The molecule has 2 saturated heterocycles. The van der Waals surface area contributed by atoms with Gasteiger partial charge in [-0.05, 0) is 42.9 Å². The predicted molar refractivity (Wildman–Crippen MR) is 77.6 cm³/mol. The Kier molecular flexibility index (Phi) is 4.30. The maximum absolute atomic E-state index is 6.00. The van der Waals surface area contributed by atoms with E-state index < -0.39 is 0 Å². The van der Waals surface area contributed by atoms with E-state index in [-0.39, 0.29) is 12.6 Å². The molecule has 2 bridgehead atoms. The summed E-state index contributed by atoms with van der Waals surface area (Å²) in [7, 11) is 0. The first-order valence-electron chi connectivity index (χ1n) is 8.55. The van der Waals surface area contributed by atoms with Gasteiger partial charge in [0.05, 0.1) is 13.2 Å². The second-order valence-corrected chi connectivity index (χ2v) is 6.83. The molecule has 118 valence electrons. The molecule has 2 aliphatic heterocycles. The standard InChI is InChI=1S/C17H26O4/c1-3-16(18-7-1)20-10-14-12-5-6-13(9-12)15(14)11-21-17-4-2-8-19-17/h5-6,12-17H,1-4,7-11H2. The molecule has 0 aromatic heterocycles. The Morgan fingerprint density at radius 3 is 1.76 bits per heavy atom. The van der Waals surface area contributed by atoms with E-state index in [1.54, 1.807) is 0 Å². The molecular formula is C17H26O4. The Morgan fingerprint density at radius 1 is 0.810 bits per heavy atom. The lowest BCUT2D eigenvalue weighted by Gasteiger charge is -2.29. The summed E-state index contributed by atoms with van der Waals surface area (Å²) in [5, 5.41) is 0. The second kappa shape index (κ2) is 6.37. The molecule has 6 atom stereocenters. The van der Waals surface area contributed by atoms with Crippen molar-refractivity contribution in [3.8, 4) is 0 Å². The van der Waals surface area contributed by atoms with Gasteiger partial charge in [-0.2, -0.15) is 0 Å². The van der Waals surface area contributed by atoms with Gasteiger partial charge in [-0.15, -0.1) is 0 Å². The van der Waals surface area contributed by atoms with Gasteiger partial charge in [-0.1, -0.05) is 12.2 Å². The van der Waals surface area contributed by atoms with Crippen LogP contribution in [0, 0.1) is 23.7 Å². The third kappa shape index (κ3) is 3.04. The van der Waals surface area contributed by atoms with Crippen LogP contribution in [0.5, 0.6) is 0 Å². The summed E-state index contributed by atoms with van der Waals surface area (Å²) in [6, 6.07) is 0. The molecule has 0 aromatic rings. The summed E-state index contributed by atoms with van der Waals surface area (Å²) in [6.45, 7) is 3.34. The van der Waals surface area contributed by atoms with Gasteiger partial charge in [-0.25, -0.2) is 0 Å². The minimum absolute atomic E-state index is 0.0350. The second-order valence-electron chi connectivity index (χ2n) is 6.83. The number of ether oxygens (including phenoxy) is 4. The third-order valence-electron chi connectivity index (χ3n) is 5.52. The highest BCUT2D eigenvalue weighted by Gasteiger charge is 2.45. The van der Waals surface area contributed by atoms with Crippen molar-refractivity contribution in [1.82, 2.24) is 0 Å². The van der Waals surface area contributed by atoms with Crippen molar-refractivity contribution in [3.63, 3.8) is 0 Å². The lowest BCUT2D eigenvalue weighted by molar-refractivity contribution is -0.143. The molecule has 0 N–H and O–H groups in total. The Balaban J connectivity index is 1.30. The van der Waals surface area contributed by atoms with Gasteiger partial charge >= 0.3 is 0 Å². The van der Waals surface area contributed by atoms with Crippen LogP contribution in [-0.4, -0.2) is 39.0 Å². The zero-order valence-corrected chi connectivity index (χ0v) is 12.6. The summed E-state index contributed by atoms with van der Waals surface area (Å²) in [6.07, 6.45) is 10.5. The fourth-order valence-corrected chi connectivity index (χ4v) is 4.32. The molecular weight excluding hydrogens is 268 g/mol. The van der Waals surface area contributed by atoms with Crippen molar-refractivity contribution >= 4 is 0 Å². The molecule has 6 unspecified atom stereocenters. The molecule has 4 heteroatoms. The molecule has 21 heavy (non-hydrogen) atoms. The first-order chi connectivity index (χ1) is 10.4. The summed E-state index contributed by atoms with van der Waals surface area (Å²) in [5.41, 5.74) is 0. The molecule has 0 aromatic carbocycles. The highest BCUT2D eigenvalue weighted by molar-refractivity contribution is 5.13. The third-order valence-corrected chi connectivity index (χ3v) is 5.52. The maximum Gasteiger partial charge on any atom is 0.157 e. The van der Waals surface area contributed by atoms with E-state index in [4.69, 9.17) is 18.9 Å². The van der Waals surface area contributed by atoms with Gasteiger partial charge in [0.25, 0.3) is 0 Å². The van der Waals surface area contributed by atoms with Crippen LogP contribution in [0.25, 0.3) is 0 Å². The number of fused-ring (bicyclic) bond motifs is 2. The van der Waals surface area contributed by atoms with Crippen LogP contribution in [0.15, 0.2) is 12.2 Å². The molecule has 1 saturated carbocycles. The number of allylic oxidation sites excluding steroid dienone is 2. The highest BCUT2D eigenvalue weighted by Crippen LogP contribution is 2.48. The molecule has 4 aliphatic rings. The first-order valence-corrected chi connectivity index (χ1v) is 8.55. The highest BCUT2D eigenvalue weighted by atomic mass is 16.7. The van der Waals surface area contributed by atoms with E-state index in [9.17, 15) is 0 Å². The smallest absolute Gasteiger partial charge is 0.157 e. The monoisotopic (exact) mass is 294 g/mol. The molecule has 0 spiro atoms. The Morgan fingerprint density at radius 2 is 1.33 bits per heavy atom. The molecule has 3 fully saturated rings. The topological polar surface area (TPSA) is 36.9 Å². The van der Waals surface area contributed by atoms with Crippen LogP contribution in [0.3, 0.4) is 0 Å². The molecule has 2 aliphatic carbocycles. The van der Waals surface area contributed by atoms with Crippen molar-refractivity contribution in [2.75, 3.05) is 26.4 Å². The number of hydrogen-bond donors (Lipinski definition) is 0. The summed E-state index contributed by atoms with van der Waals surface area (Å²) in [5.74, 6) is 2.53. The van der Waals surface area contributed by atoms with Gasteiger partial charge in [0.2, 0.25) is 0 Å². The lowest BCUT2D eigenvalue weighted by atomic mass is 9.84. The zero-order valence-electron chi connectivity index (χ0n) is 12.6. The quantitative estimate of drug-likeness (QED) is 0.706. The van der Waals surface area contributed by atoms with Gasteiger partial charge in [0.15, 0.2) is 12.6 Å². The van der Waals surface area contributed by atoms with Crippen molar-refractivity contribution in [2.45, 2.75) is 44.7 Å². The summed E-state index contributed by atoms with van der Waals surface area (Å²) in [4.78, 5) is 0. The van der Waals surface area contributed by atoms with Crippen LogP contribution in [-0.2, 0) is 18.9 Å². The fraction of sp³-hybridized carbons (Fsp3) is 0.882. The molecule has 4 rings (SSSR count). The molecule has 0 radical (unpaired) electrons. The van der Waals surface area contributed by atoms with Crippen LogP contribution in [0.4, 0.5) is 0 Å². The van der Waals surface area contributed by atoms with E-state index in [2.05, 4.69) is 12.2 Å². The first kappa shape index (κ1) is 14.2. The molecule has 0 amide bonds. The molecule has 2 heterocycles. The van der Waals surface area contributed by atoms with E-state index in [1.807, 2.05) is 0 Å². The maximum atomic E-state index is 6.00. The van der Waals surface area contributed by atoms with Crippen LogP contribution < -0.4 is 0 Å². The summed E-state index contributed by atoms with van der Waals surface area (Å²) < 4.78 is 23.2. The Labute approximate surface area is 126 Å². The largest absolute Gasteiger partial charge is 0.353 e. The SMILES string of the molecule is C1=CC2CC1C(COC1CCCO1)C2COC1CCCO1. The fourth-order valence-electron chi connectivity index (χ4n) is 4.32. The normalized spacial score (nSPS) is 45.0. The Bertz CT molecular complexity index is 337.